The van der Waals surface area contributed by atoms with Gasteiger partial charge in [-0.15, -0.1) is 0 Å². The van der Waals surface area contributed by atoms with Crippen LogP contribution in [-0.2, 0) is 10.0 Å². The molecule has 90 valence electrons. The molecular weight excluding hydrogens is 238 g/mol. The topological polar surface area (TPSA) is 72.2 Å². The van der Waals surface area contributed by atoms with Crippen molar-refractivity contribution in [2.24, 2.45) is 0 Å². The average Bonchev–Trinajstić information content (AvgIpc) is 2.19. The number of sulfonamides is 1. The van der Waals surface area contributed by atoms with Crippen molar-refractivity contribution in [1.82, 2.24) is 4.72 Å². The predicted octanol–water partition coefficient (Wildman–Crippen LogP) is 1.12. The van der Waals surface area contributed by atoms with Crippen LogP contribution in [0.5, 0.6) is 0 Å². The Balaban J connectivity index is 3.03. The van der Waals surface area contributed by atoms with Crippen LogP contribution in [0.2, 0.25) is 0 Å². The zero-order valence-corrected chi connectivity index (χ0v) is 9.39. The highest BCUT2D eigenvalue weighted by atomic mass is 32.2. The third-order valence-corrected chi connectivity index (χ3v) is 3.61. The molecule has 1 rings (SSSR count). The molecule has 0 fully saturated rings. The summed E-state index contributed by atoms with van der Waals surface area (Å²) in [7, 11) is -3.92. The van der Waals surface area contributed by atoms with E-state index in [-0.39, 0.29) is 4.90 Å². The van der Waals surface area contributed by atoms with E-state index in [1.54, 1.807) is 6.07 Å². The van der Waals surface area contributed by atoms with Crippen molar-refractivity contribution in [3.8, 4) is 0 Å². The van der Waals surface area contributed by atoms with Crippen molar-refractivity contribution < 1.29 is 17.2 Å². The zero-order chi connectivity index (χ0) is 12.3. The molecule has 0 aliphatic carbocycles. The first-order valence-electron chi connectivity index (χ1n) is 4.47. The molecule has 7 heteroatoms. The van der Waals surface area contributed by atoms with Gasteiger partial charge < -0.3 is 5.73 Å². The van der Waals surface area contributed by atoms with Gasteiger partial charge in [0.15, 0.2) is 0 Å². The number of nitrogen functional groups attached to an aromatic ring is 1. The Morgan fingerprint density at radius 3 is 2.62 bits per heavy atom. The first kappa shape index (κ1) is 12.9. The minimum atomic E-state index is -3.92. The largest absolute Gasteiger partial charge is 0.398 e. The average molecular weight is 250 g/mol. The van der Waals surface area contributed by atoms with Crippen LogP contribution in [0.4, 0.5) is 14.5 Å². The molecule has 0 aliphatic heterocycles. The second-order valence-corrected chi connectivity index (χ2v) is 4.95. The van der Waals surface area contributed by atoms with E-state index in [0.717, 1.165) is 0 Å². The Morgan fingerprint density at radius 1 is 1.44 bits per heavy atom. The van der Waals surface area contributed by atoms with E-state index in [1.165, 1.54) is 19.1 Å². The van der Waals surface area contributed by atoms with Crippen LogP contribution in [0.25, 0.3) is 0 Å². The molecule has 0 spiro atoms. The second-order valence-electron chi connectivity index (χ2n) is 3.21. The van der Waals surface area contributed by atoms with Crippen LogP contribution in [0, 0.1) is 6.92 Å². The van der Waals surface area contributed by atoms with Crippen LogP contribution in [0.3, 0.4) is 0 Å². The Bertz CT molecular complexity index is 474. The van der Waals surface area contributed by atoms with Gasteiger partial charge in [0.1, 0.15) is 0 Å². The van der Waals surface area contributed by atoms with Gasteiger partial charge in [0.05, 0.1) is 11.4 Å². The molecule has 0 saturated heterocycles. The van der Waals surface area contributed by atoms with Crippen molar-refractivity contribution >= 4 is 15.7 Å². The van der Waals surface area contributed by atoms with E-state index < -0.39 is 23.0 Å². The summed E-state index contributed by atoms with van der Waals surface area (Å²) in [5, 5.41) is 0. The maximum Gasteiger partial charge on any atom is 0.251 e. The molecule has 0 heterocycles. The molecule has 0 aromatic heterocycles. The van der Waals surface area contributed by atoms with Crippen LogP contribution in [0.15, 0.2) is 23.1 Å². The number of nitrogens with one attached hydrogen (secondary N) is 1. The number of alkyl halides is 2. The van der Waals surface area contributed by atoms with Crippen LogP contribution >= 0.6 is 0 Å². The van der Waals surface area contributed by atoms with E-state index in [0.29, 0.717) is 11.3 Å². The summed E-state index contributed by atoms with van der Waals surface area (Å²) < 4.78 is 48.8. The van der Waals surface area contributed by atoms with Crippen molar-refractivity contribution in [3.05, 3.63) is 23.8 Å². The first-order valence-corrected chi connectivity index (χ1v) is 5.96. The smallest absolute Gasteiger partial charge is 0.251 e. The summed E-state index contributed by atoms with van der Waals surface area (Å²) in [6, 6.07) is 4.32. The standard InChI is InChI=1S/C9H12F2N2O2S/c1-6-7(12)3-2-4-8(6)16(14,15)13-5-9(10)11/h2-4,9,13H,5,12H2,1H3. The summed E-state index contributed by atoms with van der Waals surface area (Å²) in [5.74, 6) is 0. The van der Waals surface area contributed by atoms with Gasteiger partial charge in [-0.25, -0.2) is 21.9 Å². The lowest BCUT2D eigenvalue weighted by Crippen LogP contribution is -2.29. The lowest BCUT2D eigenvalue weighted by molar-refractivity contribution is 0.153. The van der Waals surface area contributed by atoms with Crippen molar-refractivity contribution in [1.29, 1.82) is 0 Å². The van der Waals surface area contributed by atoms with Gasteiger partial charge >= 0.3 is 0 Å². The number of hydrogen-bond donors (Lipinski definition) is 2. The molecule has 0 amide bonds. The Labute approximate surface area is 92.5 Å². The van der Waals surface area contributed by atoms with E-state index >= 15 is 0 Å². The quantitative estimate of drug-likeness (QED) is 0.786. The van der Waals surface area contributed by atoms with E-state index in [4.69, 9.17) is 5.73 Å². The SMILES string of the molecule is Cc1c(N)cccc1S(=O)(=O)NCC(F)F. The minimum Gasteiger partial charge on any atom is -0.398 e. The summed E-state index contributed by atoms with van der Waals surface area (Å²) in [5.41, 5.74) is 6.19. The van der Waals surface area contributed by atoms with Crippen molar-refractivity contribution in [3.63, 3.8) is 0 Å². The van der Waals surface area contributed by atoms with Crippen molar-refractivity contribution in [2.45, 2.75) is 18.2 Å². The van der Waals surface area contributed by atoms with Crippen LogP contribution in [-0.4, -0.2) is 21.4 Å². The Hall–Kier alpha value is -1.21. The molecule has 1 aromatic rings. The lowest BCUT2D eigenvalue weighted by atomic mass is 10.2. The molecule has 4 nitrogen and oxygen atoms in total. The fourth-order valence-corrected chi connectivity index (χ4v) is 2.45. The highest BCUT2D eigenvalue weighted by Crippen LogP contribution is 2.20. The fourth-order valence-electron chi connectivity index (χ4n) is 1.17. The summed E-state index contributed by atoms with van der Waals surface area (Å²) in [4.78, 5) is -0.0758. The predicted molar refractivity (Wildman–Crippen MR) is 56.8 cm³/mol. The zero-order valence-electron chi connectivity index (χ0n) is 8.57. The van der Waals surface area contributed by atoms with Gasteiger partial charge in [-0.2, -0.15) is 0 Å². The molecule has 0 saturated carbocycles. The van der Waals surface area contributed by atoms with Crippen molar-refractivity contribution in [2.75, 3.05) is 12.3 Å². The highest BCUT2D eigenvalue weighted by molar-refractivity contribution is 7.89. The summed E-state index contributed by atoms with van der Waals surface area (Å²) in [6.45, 7) is 0.614. The number of anilines is 1. The van der Waals surface area contributed by atoms with Gasteiger partial charge in [-0.3, -0.25) is 0 Å². The lowest BCUT2D eigenvalue weighted by Gasteiger charge is -2.10. The molecule has 0 unspecified atom stereocenters. The molecule has 0 aliphatic rings. The third kappa shape index (κ3) is 2.89. The van der Waals surface area contributed by atoms with Crippen LogP contribution < -0.4 is 10.5 Å². The van der Waals surface area contributed by atoms with Gasteiger partial charge in [0.2, 0.25) is 10.0 Å². The summed E-state index contributed by atoms with van der Waals surface area (Å²) >= 11 is 0. The highest BCUT2D eigenvalue weighted by Gasteiger charge is 2.18. The first-order chi connectivity index (χ1) is 7.34. The Kier molecular flexibility index (Phi) is 3.82. The molecule has 0 atom stereocenters. The summed E-state index contributed by atoms with van der Waals surface area (Å²) in [6.07, 6.45) is -2.73. The van der Waals surface area contributed by atoms with Gasteiger partial charge in [-0.05, 0) is 24.6 Å². The fraction of sp³-hybridized carbons (Fsp3) is 0.333. The monoisotopic (exact) mass is 250 g/mol. The van der Waals surface area contributed by atoms with E-state index in [2.05, 4.69) is 0 Å². The van der Waals surface area contributed by atoms with Crippen LogP contribution in [0.1, 0.15) is 5.56 Å². The number of nitrogens with two attached hydrogens (primary N) is 1. The maximum absolute atomic E-state index is 11.9. The van der Waals surface area contributed by atoms with Gasteiger partial charge in [0.25, 0.3) is 6.43 Å². The molecule has 3 N–H and O–H groups in total. The molecule has 0 bridgehead atoms. The number of rotatable bonds is 4. The molecule has 1 aromatic carbocycles. The minimum absolute atomic E-state index is 0.0758. The maximum atomic E-state index is 11.9. The van der Waals surface area contributed by atoms with E-state index in [1.807, 2.05) is 4.72 Å². The van der Waals surface area contributed by atoms with Gasteiger partial charge in [-0.1, -0.05) is 6.07 Å². The molecule has 0 radical (unpaired) electrons. The van der Waals surface area contributed by atoms with Gasteiger partial charge in [0, 0.05) is 5.69 Å². The Morgan fingerprint density at radius 2 is 2.06 bits per heavy atom. The number of benzene rings is 1. The normalized spacial score (nSPS) is 12.0. The second kappa shape index (κ2) is 4.75. The number of hydrogen-bond acceptors (Lipinski definition) is 3. The van der Waals surface area contributed by atoms with E-state index in [9.17, 15) is 17.2 Å². The number of halogens is 2. The molecule has 16 heavy (non-hydrogen) atoms. The molecular formula is C9H12F2N2O2S. The third-order valence-electron chi connectivity index (χ3n) is 2.04.